The lowest BCUT2D eigenvalue weighted by Crippen LogP contribution is -2.55. The molecule has 5 heteroatoms. The van der Waals surface area contributed by atoms with E-state index in [1.165, 1.54) is 70.6 Å². The SMILES string of the molecule is C[C@H](CCC(=O)O)C1CCC2C3CCC4C[C@@H](NCCCCNCc5ccccn5)CC[C@]4(C)C3CC[C@@]21C. The number of unbranched alkanes of at least 4 members (excludes halogenated alkanes) is 1. The number of hydrogen-bond acceptors (Lipinski definition) is 4. The topological polar surface area (TPSA) is 74.2 Å². The third-order valence-corrected chi connectivity index (χ3v) is 12.5. The highest BCUT2D eigenvalue weighted by Crippen LogP contribution is 2.68. The van der Waals surface area contributed by atoms with Crippen molar-refractivity contribution in [3.05, 3.63) is 30.1 Å². The molecule has 1 aromatic heterocycles. The second kappa shape index (κ2) is 12.6. The van der Waals surface area contributed by atoms with Gasteiger partial charge in [-0.15, -0.1) is 0 Å². The molecule has 4 aliphatic carbocycles. The molecule has 5 rings (SSSR count). The molecule has 5 unspecified atom stereocenters. The van der Waals surface area contributed by atoms with Crippen LogP contribution >= 0.6 is 0 Å². The number of carboxylic acids is 1. The van der Waals surface area contributed by atoms with Crippen molar-refractivity contribution in [2.45, 2.75) is 117 Å². The Hall–Kier alpha value is -1.46. The molecule has 218 valence electrons. The van der Waals surface area contributed by atoms with Gasteiger partial charge < -0.3 is 15.7 Å². The van der Waals surface area contributed by atoms with Gasteiger partial charge in [-0.25, -0.2) is 0 Å². The summed E-state index contributed by atoms with van der Waals surface area (Å²) < 4.78 is 0. The van der Waals surface area contributed by atoms with Crippen LogP contribution in [0.4, 0.5) is 0 Å². The Bertz CT molecular complexity index is 940. The van der Waals surface area contributed by atoms with Crippen LogP contribution in [0.3, 0.4) is 0 Å². The number of nitrogens with one attached hydrogen (secondary N) is 2. The number of carbonyl (C=O) groups is 1. The predicted octanol–water partition coefficient (Wildman–Crippen LogP) is 7.07. The number of fused-ring (bicyclic) bond motifs is 5. The number of aromatic nitrogens is 1. The summed E-state index contributed by atoms with van der Waals surface area (Å²) in [5.41, 5.74) is 2.09. The molecule has 4 saturated carbocycles. The molecule has 0 saturated heterocycles. The molecule has 1 heterocycles. The van der Waals surface area contributed by atoms with Crippen molar-refractivity contribution >= 4 is 5.97 Å². The second-order valence-corrected chi connectivity index (χ2v) is 14.4. The largest absolute Gasteiger partial charge is 0.481 e. The van der Waals surface area contributed by atoms with Crippen molar-refractivity contribution in [1.82, 2.24) is 15.6 Å². The molecule has 9 atom stereocenters. The molecule has 39 heavy (non-hydrogen) atoms. The van der Waals surface area contributed by atoms with E-state index in [1.807, 2.05) is 12.3 Å². The Morgan fingerprint density at radius 3 is 2.62 bits per heavy atom. The van der Waals surface area contributed by atoms with E-state index in [9.17, 15) is 9.90 Å². The average molecular weight is 538 g/mol. The van der Waals surface area contributed by atoms with Gasteiger partial charge in [-0.1, -0.05) is 26.8 Å². The monoisotopic (exact) mass is 537 g/mol. The summed E-state index contributed by atoms with van der Waals surface area (Å²) in [7, 11) is 0. The second-order valence-electron chi connectivity index (χ2n) is 14.4. The molecule has 3 N–H and O–H groups in total. The first-order chi connectivity index (χ1) is 18.8. The van der Waals surface area contributed by atoms with Gasteiger partial charge in [0.2, 0.25) is 0 Å². The van der Waals surface area contributed by atoms with Gasteiger partial charge in [0.05, 0.1) is 5.69 Å². The quantitative estimate of drug-likeness (QED) is 0.249. The van der Waals surface area contributed by atoms with E-state index in [-0.39, 0.29) is 0 Å². The van der Waals surface area contributed by atoms with E-state index >= 15 is 0 Å². The first-order valence-electron chi connectivity index (χ1n) is 16.4. The van der Waals surface area contributed by atoms with Crippen LogP contribution in [0, 0.1) is 46.3 Å². The van der Waals surface area contributed by atoms with E-state index in [1.54, 1.807) is 0 Å². The minimum atomic E-state index is -0.629. The summed E-state index contributed by atoms with van der Waals surface area (Å²) in [6.45, 7) is 10.7. The van der Waals surface area contributed by atoms with E-state index in [4.69, 9.17) is 0 Å². The predicted molar refractivity (Wildman–Crippen MR) is 158 cm³/mol. The van der Waals surface area contributed by atoms with Gasteiger partial charge in [0.25, 0.3) is 0 Å². The molecule has 1 aromatic rings. The van der Waals surface area contributed by atoms with Gasteiger partial charge in [0, 0.05) is 25.2 Å². The molecule has 5 nitrogen and oxygen atoms in total. The summed E-state index contributed by atoms with van der Waals surface area (Å²) in [4.78, 5) is 15.6. The fourth-order valence-corrected chi connectivity index (χ4v) is 10.4. The Labute approximate surface area is 237 Å². The van der Waals surface area contributed by atoms with Crippen LogP contribution in [0.25, 0.3) is 0 Å². The van der Waals surface area contributed by atoms with Crippen LogP contribution in [-0.2, 0) is 11.3 Å². The van der Waals surface area contributed by atoms with E-state index in [2.05, 4.69) is 48.5 Å². The standard InChI is InChI=1S/C34H55N3O2/c1-24(9-14-32(38)39)29-12-13-30-28-11-10-25-22-26(15-17-33(25,2)31(28)16-18-34(29,30)3)36-21-7-6-19-35-23-27-8-4-5-20-37-27/h4-5,8,20,24-26,28-31,35-36H,6-7,9-19,21-23H2,1-3H3,(H,38,39)/t24-,25?,26+,28?,29?,30?,31?,33+,34-/m1/s1. The fourth-order valence-electron chi connectivity index (χ4n) is 10.4. The number of nitrogens with zero attached hydrogens (tertiary/aromatic N) is 1. The molecule has 4 fully saturated rings. The summed E-state index contributed by atoms with van der Waals surface area (Å²) >= 11 is 0. The molecule has 0 aromatic carbocycles. The lowest BCUT2D eigenvalue weighted by molar-refractivity contribution is -0.137. The molecule has 4 aliphatic rings. The van der Waals surface area contributed by atoms with Crippen molar-refractivity contribution in [2.75, 3.05) is 13.1 Å². The molecule has 0 amide bonds. The van der Waals surface area contributed by atoms with Crippen LogP contribution in [0.5, 0.6) is 0 Å². The van der Waals surface area contributed by atoms with Gasteiger partial charge in [-0.2, -0.15) is 0 Å². The first kappa shape index (κ1) is 29.0. The molecule has 0 aliphatic heterocycles. The van der Waals surface area contributed by atoms with Gasteiger partial charge in [0.1, 0.15) is 0 Å². The van der Waals surface area contributed by atoms with E-state index < -0.39 is 5.97 Å². The van der Waals surface area contributed by atoms with Crippen molar-refractivity contribution in [3.63, 3.8) is 0 Å². The van der Waals surface area contributed by atoms with Crippen LogP contribution in [0.15, 0.2) is 24.4 Å². The number of hydrogen-bond donors (Lipinski definition) is 3. The van der Waals surface area contributed by atoms with Crippen LogP contribution in [0.1, 0.15) is 110 Å². The number of carboxylic acid groups (broad SMARTS) is 1. The highest BCUT2D eigenvalue weighted by atomic mass is 16.4. The smallest absolute Gasteiger partial charge is 0.303 e. The summed E-state index contributed by atoms with van der Waals surface area (Å²) in [6, 6.07) is 6.82. The van der Waals surface area contributed by atoms with E-state index in [0.717, 1.165) is 61.3 Å². The number of aliphatic carboxylic acids is 1. The maximum absolute atomic E-state index is 11.2. The Balaban J connectivity index is 1.07. The number of pyridine rings is 1. The summed E-state index contributed by atoms with van der Waals surface area (Å²) in [5, 5.41) is 16.7. The van der Waals surface area contributed by atoms with Crippen LogP contribution in [0.2, 0.25) is 0 Å². The van der Waals surface area contributed by atoms with Crippen molar-refractivity contribution in [1.29, 1.82) is 0 Å². The zero-order chi connectivity index (χ0) is 27.5. The Morgan fingerprint density at radius 1 is 1.03 bits per heavy atom. The highest BCUT2D eigenvalue weighted by Gasteiger charge is 2.60. The molecular weight excluding hydrogens is 482 g/mol. The van der Waals surface area contributed by atoms with Crippen molar-refractivity contribution < 1.29 is 9.90 Å². The van der Waals surface area contributed by atoms with Crippen LogP contribution in [-0.4, -0.2) is 35.2 Å². The zero-order valence-corrected chi connectivity index (χ0v) is 25.0. The molecular formula is C34H55N3O2. The third-order valence-electron chi connectivity index (χ3n) is 12.5. The minimum Gasteiger partial charge on any atom is -0.481 e. The average Bonchev–Trinajstić information content (AvgIpc) is 3.29. The van der Waals surface area contributed by atoms with Crippen LogP contribution < -0.4 is 10.6 Å². The first-order valence-corrected chi connectivity index (χ1v) is 16.4. The zero-order valence-electron chi connectivity index (χ0n) is 25.0. The fraction of sp³-hybridized carbons (Fsp3) is 0.824. The van der Waals surface area contributed by atoms with Gasteiger partial charge >= 0.3 is 5.97 Å². The molecule has 0 radical (unpaired) electrons. The van der Waals surface area contributed by atoms with Gasteiger partial charge in [0.15, 0.2) is 0 Å². The molecule has 0 spiro atoms. The third kappa shape index (κ3) is 6.25. The van der Waals surface area contributed by atoms with Gasteiger partial charge in [-0.3, -0.25) is 9.78 Å². The van der Waals surface area contributed by atoms with Crippen molar-refractivity contribution in [3.8, 4) is 0 Å². The maximum Gasteiger partial charge on any atom is 0.303 e. The Kier molecular flexibility index (Phi) is 9.38. The molecule has 0 bridgehead atoms. The summed E-state index contributed by atoms with van der Waals surface area (Å²) in [6.07, 6.45) is 18.0. The van der Waals surface area contributed by atoms with Gasteiger partial charge in [-0.05, 0) is 149 Å². The lowest BCUT2D eigenvalue weighted by atomic mass is 9.44. The normalized spacial score (nSPS) is 38.4. The van der Waals surface area contributed by atoms with Crippen molar-refractivity contribution in [2.24, 2.45) is 46.3 Å². The van der Waals surface area contributed by atoms with E-state index in [0.29, 0.717) is 29.2 Å². The number of rotatable bonds is 12. The highest BCUT2D eigenvalue weighted by molar-refractivity contribution is 5.66. The lowest BCUT2D eigenvalue weighted by Gasteiger charge is -2.61. The Morgan fingerprint density at radius 2 is 1.82 bits per heavy atom. The maximum atomic E-state index is 11.2. The summed E-state index contributed by atoms with van der Waals surface area (Å²) in [5.74, 6) is 4.21. The minimum absolute atomic E-state index is 0.336.